The number of benzene rings is 1. The van der Waals surface area contributed by atoms with E-state index in [0.717, 1.165) is 58.7 Å². The van der Waals surface area contributed by atoms with Crippen LogP contribution in [0.25, 0.3) is 0 Å². The maximum atomic E-state index is 5.61. The van der Waals surface area contributed by atoms with Crippen LogP contribution in [0.3, 0.4) is 0 Å². The van der Waals surface area contributed by atoms with Crippen LogP contribution in [0.15, 0.2) is 18.2 Å². The molecule has 0 radical (unpaired) electrons. The molecule has 3 fully saturated rings. The lowest BCUT2D eigenvalue weighted by Gasteiger charge is -2.11. The highest BCUT2D eigenvalue weighted by Crippen LogP contribution is 2.25. The number of aryl methyl sites for hydroxylation is 1. The molecule has 3 aliphatic rings. The van der Waals surface area contributed by atoms with Crippen molar-refractivity contribution in [3.63, 3.8) is 0 Å². The molecule has 0 N–H and O–H groups in total. The summed E-state index contributed by atoms with van der Waals surface area (Å²) in [7, 11) is 0. The van der Waals surface area contributed by atoms with Crippen molar-refractivity contribution in [2.75, 3.05) is 33.0 Å². The summed E-state index contributed by atoms with van der Waals surface area (Å²) < 4.78 is 21.5. The van der Waals surface area contributed by atoms with E-state index in [1.54, 1.807) is 0 Å². The third-order valence-corrected chi connectivity index (χ3v) is 4.43. The maximum absolute atomic E-state index is 5.61. The van der Waals surface area contributed by atoms with Gasteiger partial charge in [0.1, 0.15) is 6.10 Å². The van der Waals surface area contributed by atoms with Gasteiger partial charge in [-0.3, -0.25) is 0 Å². The molecule has 0 aliphatic carbocycles. The van der Waals surface area contributed by atoms with E-state index in [9.17, 15) is 0 Å². The molecule has 3 saturated heterocycles. The second kappa shape index (κ2) is 6.67. The molecular weight excluding hydrogens is 280 g/mol. The lowest BCUT2D eigenvalue weighted by Crippen LogP contribution is -2.05. The van der Waals surface area contributed by atoms with Crippen LogP contribution in [-0.4, -0.2) is 51.3 Å². The van der Waals surface area contributed by atoms with Crippen LogP contribution in [0.4, 0.5) is 0 Å². The van der Waals surface area contributed by atoms with E-state index in [2.05, 4.69) is 18.2 Å². The van der Waals surface area contributed by atoms with Crippen molar-refractivity contribution in [1.82, 2.24) is 0 Å². The maximum Gasteiger partial charge on any atom is 0.104 e. The number of hydrogen-bond donors (Lipinski definition) is 0. The van der Waals surface area contributed by atoms with Crippen molar-refractivity contribution in [2.24, 2.45) is 0 Å². The van der Waals surface area contributed by atoms with Crippen molar-refractivity contribution in [2.45, 2.75) is 44.0 Å². The predicted octanol–water partition coefficient (Wildman–Crippen LogP) is 1.92. The lowest BCUT2D eigenvalue weighted by molar-refractivity contribution is 0.114. The van der Waals surface area contributed by atoms with Gasteiger partial charge in [0.25, 0.3) is 0 Å². The highest BCUT2D eigenvalue weighted by Gasteiger charge is 2.27. The first-order chi connectivity index (χ1) is 10.9. The summed E-state index contributed by atoms with van der Waals surface area (Å²) >= 11 is 0. The highest BCUT2D eigenvalue weighted by atomic mass is 16.6. The van der Waals surface area contributed by atoms with Crippen LogP contribution < -0.4 is 0 Å². The minimum absolute atomic E-state index is 0.370. The monoisotopic (exact) mass is 304 g/mol. The van der Waals surface area contributed by atoms with E-state index in [-0.39, 0.29) is 0 Å². The Labute approximate surface area is 131 Å². The van der Waals surface area contributed by atoms with Crippen LogP contribution in [0.2, 0.25) is 0 Å². The molecule has 3 unspecified atom stereocenters. The van der Waals surface area contributed by atoms with E-state index >= 15 is 0 Å². The molecule has 3 heterocycles. The minimum atomic E-state index is 0.370. The van der Waals surface area contributed by atoms with E-state index in [1.165, 1.54) is 16.7 Å². The molecule has 1 aromatic carbocycles. The van der Waals surface area contributed by atoms with Crippen LogP contribution in [0, 0.1) is 0 Å². The summed E-state index contributed by atoms with van der Waals surface area (Å²) in [5.74, 6) is 0. The average molecular weight is 304 g/mol. The Balaban J connectivity index is 1.29. The Morgan fingerprint density at radius 3 is 2.27 bits per heavy atom. The van der Waals surface area contributed by atoms with Gasteiger partial charge in [-0.05, 0) is 29.5 Å². The lowest BCUT2D eigenvalue weighted by atomic mass is 9.95. The van der Waals surface area contributed by atoms with Gasteiger partial charge in [-0.2, -0.15) is 0 Å². The number of rotatable bonds is 10. The van der Waals surface area contributed by atoms with Crippen LogP contribution >= 0.6 is 0 Å². The highest BCUT2D eigenvalue weighted by molar-refractivity contribution is 5.34. The molecule has 0 spiro atoms. The fourth-order valence-electron chi connectivity index (χ4n) is 2.84. The van der Waals surface area contributed by atoms with Gasteiger partial charge < -0.3 is 18.9 Å². The minimum Gasteiger partial charge on any atom is -0.379 e. The third kappa shape index (κ3) is 4.53. The summed E-state index contributed by atoms with van der Waals surface area (Å²) in [4.78, 5) is 0. The second-order valence-corrected chi connectivity index (χ2v) is 6.56. The smallest absolute Gasteiger partial charge is 0.104 e. The standard InChI is InChI=1S/C18H24O4/c1(5-19-9-18-12-22-18)2-13-3-4-14(7-16-10-20-16)15(6-13)8-17-11-21-17/h3-4,6,16-18H,1-2,5,7-12H2. The van der Waals surface area contributed by atoms with Gasteiger partial charge in [0.05, 0.1) is 38.6 Å². The average Bonchev–Trinajstić information content (AvgIpc) is 3.35. The molecule has 22 heavy (non-hydrogen) atoms. The Hall–Kier alpha value is -0.940. The summed E-state index contributed by atoms with van der Waals surface area (Å²) in [5, 5.41) is 0. The molecule has 0 aromatic heterocycles. The largest absolute Gasteiger partial charge is 0.379 e. The summed E-state index contributed by atoms with van der Waals surface area (Å²) in [6, 6.07) is 6.91. The predicted molar refractivity (Wildman–Crippen MR) is 82.2 cm³/mol. The Morgan fingerprint density at radius 2 is 1.59 bits per heavy atom. The van der Waals surface area contributed by atoms with Crippen molar-refractivity contribution in [1.29, 1.82) is 0 Å². The molecule has 0 bridgehead atoms. The molecule has 4 nitrogen and oxygen atoms in total. The molecule has 0 saturated carbocycles. The second-order valence-electron chi connectivity index (χ2n) is 6.56. The summed E-state index contributed by atoms with van der Waals surface area (Å²) in [6.07, 6.45) is 5.49. The molecular formula is C18H24O4. The SMILES string of the molecule is c1cc(CC2CO2)c(CC2CO2)cc1CCCOCC1CO1. The molecule has 0 amide bonds. The normalized spacial score (nSPS) is 28.6. The molecule has 4 rings (SSSR count). The first-order valence-electron chi connectivity index (χ1n) is 8.40. The summed E-state index contributed by atoms with van der Waals surface area (Å²) in [6.45, 7) is 4.28. The van der Waals surface area contributed by atoms with E-state index < -0.39 is 0 Å². The Bertz CT molecular complexity index is 504. The van der Waals surface area contributed by atoms with Gasteiger partial charge in [-0.25, -0.2) is 0 Å². The van der Waals surface area contributed by atoms with Crippen molar-refractivity contribution in [3.8, 4) is 0 Å². The first-order valence-corrected chi connectivity index (χ1v) is 8.40. The Morgan fingerprint density at radius 1 is 0.909 bits per heavy atom. The summed E-state index contributed by atoms with van der Waals surface area (Å²) in [5.41, 5.74) is 4.29. The van der Waals surface area contributed by atoms with Gasteiger partial charge in [0.2, 0.25) is 0 Å². The molecule has 3 atom stereocenters. The molecule has 120 valence electrons. The van der Waals surface area contributed by atoms with Crippen molar-refractivity contribution >= 4 is 0 Å². The van der Waals surface area contributed by atoms with Gasteiger partial charge in [0, 0.05) is 19.4 Å². The van der Waals surface area contributed by atoms with E-state index in [4.69, 9.17) is 18.9 Å². The van der Waals surface area contributed by atoms with Crippen LogP contribution in [-0.2, 0) is 38.2 Å². The zero-order chi connectivity index (χ0) is 14.8. The fourth-order valence-corrected chi connectivity index (χ4v) is 2.84. The van der Waals surface area contributed by atoms with Gasteiger partial charge >= 0.3 is 0 Å². The number of ether oxygens (including phenoxy) is 4. The first kappa shape index (κ1) is 14.6. The van der Waals surface area contributed by atoms with Crippen LogP contribution in [0.1, 0.15) is 23.1 Å². The fraction of sp³-hybridized carbons (Fsp3) is 0.667. The Kier molecular flexibility index (Phi) is 4.44. The molecule has 4 heteroatoms. The van der Waals surface area contributed by atoms with E-state index in [1.807, 2.05) is 0 Å². The van der Waals surface area contributed by atoms with Crippen molar-refractivity contribution in [3.05, 3.63) is 34.9 Å². The van der Waals surface area contributed by atoms with Gasteiger partial charge in [-0.15, -0.1) is 0 Å². The van der Waals surface area contributed by atoms with E-state index in [0.29, 0.717) is 18.3 Å². The van der Waals surface area contributed by atoms with Crippen LogP contribution in [0.5, 0.6) is 0 Å². The molecule has 1 aromatic rings. The quantitative estimate of drug-likeness (QED) is 0.489. The molecule has 3 aliphatic heterocycles. The zero-order valence-electron chi connectivity index (χ0n) is 13.0. The van der Waals surface area contributed by atoms with Crippen molar-refractivity contribution < 1.29 is 18.9 Å². The third-order valence-electron chi connectivity index (χ3n) is 4.43. The number of epoxide rings is 3. The zero-order valence-corrected chi connectivity index (χ0v) is 13.0. The topological polar surface area (TPSA) is 46.8 Å². The van der Waals surface area contributed by atoms with Gasteiger partial charge in [0.15, 0.2) is 0 Å². The number of hydrogen-bond acceptors (Lipinski definition) is 4. The van der Waals surface area contributed by atoms with Gasteiger partial charge in [-0.1, -0.05) is 18.2 Å².